The van der Waals surface area contributed by atoms with Gasteiger partial charge in [0.05, 0.1) is 7.11 Å². The van der Waals surface area contributed by atoms with Crippen LogP contribution in [-0.4, -0.2) is 25.5 Å². The van der Waals surface area contributed by atoms with Crippen molar-refractivity contribution < 1.29 is 19.1 Å². The number of hydrogen-bond acceptors (Lipinski definition) is 4. The van der Waals surface area contributed by atoms with Crippen molar-refractivity contribution in [2.24, 2.45) is 0 Å². The Kier molecular flexibility index (Phi) is 5.91. The van der Waals surface area contributed by atoms with Crippen molar-refractivity contribution in [2.45, 2.75) is 32.3 Å². The Hall–Kier alpha value is -1.84. The van der Waals surface area contributed by atoms with Gasteiger partial charge in [0.15, 0.2) is 6.10 Å². The van der Waals surface area contributed by atoms with Crippen LogP contribution in [0.3, 0.4) is 0 Å². The molecule has 98 valence electrons. The number of ether oxygens (including phenoxy) is 2. The highest BCUT2D eigenvalue weighted by Gasteiger charge is 2.20. The summed E-state index contributed by atoms with van der Waals surface area (Å²) in [5.41, 5.74) is 0.575. The first-order valence-electron chi connectivity index (χ1n) is 6.01. The normalized spacial score (nSPS) is 11.7. The molecule has 4 heteroatoms. The molecule has 0 saturated carbocycles. The fourth-order valence-electron chi connectivity index (χ4n) is 1.54. The number of carbonyl (C=O) groups is 2. The lowest BCUT2D eigenvalue weighted by molar-refractivity contribution is -0.149. The molecular formula is C14H18O4. The Labute approximate surface area is 107 Å². The first-order valence-corrected chi connectivity index (χ1v) is 6.01. The van der Waals surface area contributed by atoms with Crippen LogP contribution in [0.15, 0.2) is 24.3 Å². The second kappa shape index (κ2) is 7.48. The zero-order chi connectivity index (χ0) is 13.4. The molecule has 1 aromatic rings. The Morgan fingerprint density at radius 3 is 2.50 bits per heavy atom. The minimum absolute atomic E-state index is 0.372. The predicted octanol–water partition coefficient (Wildman–Crippen LogP) is 2.61. The SMILES string of the molecule is CCCCC(Oc1ccc(C=O)cc1)C(=O)OC. The Balaban J connectivity index is 2.68. The fourth-order valence-corrected chi connectivity index (χ4v) is 1.54. The summed E-state index contributed by atoms with van der Waals surface area (Å²) >= 11 is 0. The highest BCUT2D eigenvalue weighted by molar-refractivity contribution is 5.76. The first-order chi connectivity index (χ1) is 8.71. The highest BCUT2D eigenvalue weighted by atomic mass is 16.6. The number of aldehydes is 1. The van der Waals surface area contributed by atoms with Gasteiger partial charge in [0.25, 0.3) is 0 Å². The molecule has 0 aliphatic carbocycles. The number of unbranched alkanes of at least 4 members (excludes halogenated alkanes) is 1. The van der Waals surface area contributed by atoms with Gasteiger partial charge in [-0.25, -0.2) is 4.79 Å². The maximum Gasteiger partial charge on any atom is 0.347 e. The van der Waals surface area contributed by atoms with E-state index < -0.39 is 6.10 Å². The largest absolute Gasteiger partial charge is 0.479 e. The van der Waals surface area contributed by atoms with E-state index in [-0.39, 0.29) is 5.97 Å². The maximum absolute atomic E-state index is 11.5. The number of benzene rings is 1. The Morgan fingerprint density at radius 1 is 1.33 bits per heavy atom. The molecule has 0 saturated heterocycles. The van der Waals surface area contributed by atoms with Crippen molar-refractivity contribution in [2.75, 3.05) is 7.11 Å². The van der Waals surface area contributed by atoms with Gasteiger partial charge in [0.1, 0.15) is 12.0 Å². The lowest BCUT2D eigenvalue weighted by Crippen LogP contribution is -2.28. The molecule has 0 radical (unpaired) electrons. The lowest BCUT2D eigenvalue weighted by atomic mass is 10.1. The van der Waals surface area contributed by atoms with Crippen molar-refractivity contribution in [3.8, 4) is 5.75 Å². The average molecular weight is 250 g/mol. The minimum atomic E-state index is -0.586. The van der Waals surface area contributed by atoms with Crippen LogP contribution in [0.2, 0.25) is 0 Å². The van der Waals surface area contributed by atoms with Crippen LogP contribution < -0.4 is 4.74 Å². The fraction of sp³-hybridized carbons (Fsp3) is 0.429. The number of rotatable bonds is 7. The van der Waals surface area contributed by atoms with Crippen LogP contribution in [0, 0.1) is 0 Å². The Morgan fingerprint density at radius 2 is 2.00 bits per heavy atom. The standard InChI is InChI=1S/C14H18O4/c1-3-4-5-13(14(16)17-2)18-12-8-6-11(10-15)7-9-12/h6-10,13H,3-5H2,1-2H3. The van der Waals surface area contributed by atoms with Gasteiger partial charge in [-0.2, -0.15) is 0 Å². The van der Waals surface area contributed by atoms with E-state index in [9.17, 15) is 9.59 Å². The molecule has 0 aliphatic rings. The molecule has 1 rings (SSSR count). The van der Waals surface area contributed by atoms with Crippen LogP contribution in [0.4, 0.5) is 0 Å². The highest BCUT2D eigenvalue weighted by Crippen LogP contribution is 2.16. The van der Waals surface area contributed by atoms with E-state index in [1.807, 2.05) is 6.92 Å². The molecule has 0 aliphatic heterocycles. The van der Waals surface area contributed by atoms with E-state index in [4.69, 9.17) is 9.47 Å². The third-order valence-corrected chi connectivity index (χ3v) is 2.58. The van der Waals surface area contributed by atoms with Gasteiger partial charge in [-0.1, -0.05) is 13.3 Å². The number of methoxy groups -OCH3 is 1. The van der Waals surface area contributed by atoms with Crippen LogP contribution >= 0.6 is 0 Å². The molecule has 1 atom stereocenters. The van der Waals surface area contributed by atoms with Gasteiger partial charge >= 0.3 is 5.97 Å². The van der Waals surface area contributed by atoms with Gasteiger partial charge in [-0.15, -0.1) is 0 Å². The predicted molar refractivity (Wildman–Crippen MR) is 67.8 cm³/mol. The van der Waals surface area contributed by atoms with Crippen molar-refractivity contribution in [3.63, 3.8) is 0 Å². The molecule has 1 unspecified atom stereocenters. The van der Waals surface area contributed by atoms with E-state index in [2.05, 4.69) is 0 Å². The molecule has 0 bridgehead atoms. The second-order valence-corrected chi connectivity index (χ2v) is 3.96. The van der Waals surface area contributed by atoms with Crippen molar-refractivity contribution >= 4 is 12.3 Å². The van der Waals surface area contributed by atoms with E-state index in [1.54, 1.807) is 24.3 Å². The summed E-state index contributed by atoms with van der Waals surface area (Å²) in [5, 5.41) is 0. The molecule has 0 N–H and O–H groups in total. The molecular weight excluding hydrogens is 232 g/mol. The van der Waals surface area contributed by atoms with E-state index in [0.717, 1.165) is 19.1 Å². The van der Waals surface area contributed by atoms with Gasteiger partial charge in [0.2, 0.25) is 0 Å². The average Bonchev–Trinajstić information content (AvgIpc) is 2.43. The topological polar surface area (TPSA) is 52.6 Å². The van der Waals surface area contributed by atoms with Gasteiger partial charge < -0.3 is 9.47 Å². The van der Waals surface area contributed by atoms with Crippen LogP contribution in [0.25, 0.3) is 0 Å². The molecule has 0 amide bonds. The molecule has 0 heterocycles. The summed E-state index contributed by atoms with van der Waals surface area (Å²) in [5.74, 6) is 0.190. The number of carbonyl (C=O) groups excluding carboxylic acids is 2. The second-order valence-electron chi connectivity index (χ2n) is 3.96. The first kappa shape index (κ1) is 14.2. The van der Waals surface area contributed by atoms with Crippen LogP contribution in [0.5, 0.6) is 5.75 Å². The number of hydrogen-bond donors (Lipinski definition) is 0. The number of esters is 1. The molecule has 0 aromatic heterocycles. The molecule has 0 fully saturated rings. The summed E-state index contributed by atoms with van der Waals surface area (Å²) in [6, 6.07) is 6.64. The van der Waals surface area contributed by atoms with Gasteiger partial charge in [-0.05, 0) is 37.1 Å². The minimum Gasteiger partial charge on any atom is -0.479 e. The van der Waals surface area contributed by atoms with E-state index in [1.165, 1.54) is 7.11 Å². The quantitative estimate of drug-likeness (QED) is 0.551. The van der Waals surface area contributed by atoms with E-state index in [0.29, 0.717) is 17.7 Å². The molecule has 4 nitrogen and oxygen atoms in total. The summed E-state index contributed by atoms with van der Waals surface area (Å²) in [4.78, 5) is 22.1. The summed E-state index contributed by atoms with van der Waals surface area (Å²) in [6.45, 7) is 2.05. The van der Waals surface area contributed by atoms with Gasteiger partial charge in [0, 0.05) is 5.56 Å². The van der Waals surface area contributed by atoms with Crippen LogP contribution in [-0.2, 0) is 9.53 Å². The van der Waals surface area contributed by atoms with Crippen molar-refractivity contribution in [3.05, 3.63) is 29.8 Å². The summed E-state index contributed by atoms with van der Waals surface area (Å²) in [7, 11) is 1.35. The smallest absolute Gasteiger partial charge is 0.347 e. The molecule has 0 spiro atoms. The Bertz CT molecular complexity index is 383. The van der Waals surface area contributed by atoms with Crippen molar-refractivity contribution in [1.29, 1.82) is 0 Å². The zero-order valence-corrected chi connectivity index (χ0v) is 10.7. The molecule has 1 aromatic carbocycles. The monoisotopic (exact) mass is 250 g/mol. The third-order valence-electron chi connectivity index (χ3n) is 2.58. The maximum atomic E-state index is 11.5. The molecule has 18 heavy (non-hydrogen) atoms. The van der Waals surface area contributed by atoms with Gasteiger partial charge in [-0.3, -0.25) is 4.79 Å². The van der Waals surface area contributed by atoms with Crippen LogP contribution in [0.1, 0.15) is 36.5 Å². The zero-order valence-electron chi connectivity index (χ0n) is 10.7. The summed E-state index contributed by atoms with van der Waals surface area (Å²) < 4.78 is 10.3. The van der Waals surface area contributed by atoms with E-state index >= 15 is 0 Å². The third kappa shape index (κ3) is 4.20. The summed E-state index contributed by atoms with van der Waals surface area (Å²) in [6.07, 6.45) is 2.68. The van der Waals surface area contributed by atoms with Crippen molar-refractivity contribution in [1.82, 2.24) is 0 Å². The lowest BCUT2D eigenvalue weighted by Gasteiger charge is -2.16.